The summed E-state index contributed by atoms with van der Waals surface area (Å²) in [4.78, 5) is 6.91. The molecule has 1 saturated heterocycles. The Balaban J connectivity index is 1.48. The quantitative estimate of drug-likeness (QED) is 0.697. The molecule has 0 unspecified atom stereocenters. The van der Waals surface area contributed by atoms with Gasteiger partial charge >= 0.3 is 0 Å². The minimum atomic E-state index is -3.28. The van der Waals surface area contributed by atoms with Gasteiger partial charge in [0.25, 0.3) is 0 Å². The number of hydrogen-bond donors (Lipinski definition) is 0. The van der Waals surface area contributed by atoms with E-state index in [1.54, 1.807) is 16.9 Å². The first-order valence-electron chi connectivity index (χ1n) is 9.00. The van der Waals surface area contributed by atoms with Crippen molar-refractivity contribution in [1.29, 1.82) is 0 Å². The topological polar surface area (TPSA) is 68.1 Å². The standard InChI is InChI=1S/C20H20N4O2S/c1-23-10-14(8-22-23)11-24-12-18-17-7-15(16-3-2-6-21-9-16)4-5-19(17)27(25,26)20(18)13-24/h2-10,18,20H,11-13H2,1H3/t18-,20+/m1/s1. The van der Waals surface area contributed by atoms with E-state index in [1.807, 2.05) is 49.9 Å². The summed E-state index contributed by atoms with van der Waals surface area (Å²) in [6, 6.07) is 9.60. The average Bonchev–Trinajstić information content (AvgIpc) is 3.33. The van der Waals surface area contributed by atoms with E-state index in [4.69, 9.17) is 0 Å². The van der Waals surface area contributed by atoms with Gasteiger partial charge in [0.1, 0.15) is 0 Å². The molecule has 2 atom stereocenters. The molecule has 4 heterocycles. The predicted octanol–water partition coefficient (Wildman–Crippen LogP) is 2.24. The maximum absolute atomic E-state index is 13.1. The van der Waals surface area contributed by atoms with Gasteiger partial charge in [0.15, 0.2) is 9.84 Å². The molecule has 0 spiro atoms. The molecular formula is C20H20N4O2S. The zero-order chi connectivity index (χ0) is 18.6. The van der Waals surface area contributed by atoms with Crippen LogP contribution in [-0.4, -0.2) is 46.4 Å². The van der Waals surface area contributed by atoms with Crippen molar-refractivity contribution in [2.24, 2.45) is 7.05 Å². The van der Waals surface area contributed by atoms with Crippen LogP contribution in [0.2, 0.25) is 0 Å². The highest BCUT2D eigenvalue weighted by Crippen LogP contribution is 2.46. The number of nitrogens with zero attached hydrogens (tertiary/aromatic N) is 4. The Morgan fingerprint density at radius 2 is 2.04 bits per heavy atom. The highest BCUT2D eigenvalue weighted by molar-refractivity contribution is 7.92. The summed E-state index contributed by atoms with van der Waals surface area (Å²) < 4.78 is 27.9. The maximum Gasteiger partial charge on any atom is 0.183 e. The van der Waals surface area contributed by atoms with E-state index in [0.29, 0.717) is 11.4 Å². The van der Waals surface area contributed by atoms with Gasteiger partial charge in [0, 0.05) is 56.8 Å². The Morgan fingerprint density at radius 1 is 1.15 bits per heavy atom. The Morgan fingerprint density at radius 3 is 2.78 bits per heavy atom. The van der Waals surface area contributed by atoms with E-state index in [2.05, 4.69) is 15.0 Å². The van der Waals surface area contributed by atoms with Crippen LogP contribution in [0.4, 0.5) is 0 Å². The van der Waals surface area contributed by atoms with Gasteiger partial charge in [-0.05, 0) is 34.9 Å². The molecule has 6 nitrogen and oxygen atoms in total. The van der Waals surface area contributed by atoms with Crippen molar-refractivity contribution >= 4 is 9.84 Å². The van der Waals surface area contributed by atoms with Crippen LogP contribution < -0.4 is 0 Å². The first-order valence-corrected chi connectivity index (χ1v) is 10.5. The van der Waals surface area contributed by atoms with Crippen LogP contribution in [0, 0.1) is 0 Å². The molecule has 1 fully saturated rings. The fraction of sp³-hybridized carbons (Fsp3) is 0.300. The minimum absolute atomic E-state index is 0.0262. The summed E-state index contributed by atoms with van der Waals surface area (Å²) in [5.74, 6) is 0.0262. The molecule has 0 radical (unpaired) electrons. The van der Waals surface area contributed by atoms with Crippen molar-refractivity contribution in [3.63, 3.8) is 0 Å². The van der Waals surface area contributed by atoms with Crippen LogP contribution in [0.25, 0.3) is 11.1 Å². The zero-order valence-corrected chi connectivity index (χ0v) is 15.8. The fourth-order valence-electron chi connectivity index (χ4n) is 4.38. The number of sulfone groups is 1. The van der Waals surface area contributed by atoms with Gasteiger partial charge < -0.3 is 0 Å². The van der Waals surface area contributed by atoms with Gasteiger partial charge in [-0.3, -0.25) is 14.6 Å². The van der Waals surface area contributed by atoms with Crippen LogP contribution in [-0.2, 0) is 23.4 Å². The maximum atomic E-state index is 13.1. The number of pyridine rings is 1. The lowest BCUT2D eigenvalue weighted by atomic mass is 9.95. The molecule has 1 aromatic carbocycles. The lowest BCUT2D eigenvalue weighted by Crippen LogP contribution is -2.25. The summed E-state index contributed by atoms with van der Waals surface area (Å²) in [6.45, 7) is 2.05. The number of hydrogen-bond acceptors (Lipinski definition) is 5. The van der Waals surface area contributed by atoms with E-state index in [0.717, 1.165) is 35.3 Å². The molecule has 2 aromatic heterocycles. The number of rotatable bonds is 3. The number of aryl methyl sites for hydroxylation is 1. The molecular weight excluding hydrogens is 360 g/mol. The number of aromatic nitrogens is 3. The molecule has 0 bridgehead atoms. The number of likely N-dealkylation sites (tertiary alicyclic amines) is 1. The number of fused-ring (bicyclic) bond motifs is 3. The van der Waals surface area contributed by atoms with E-state index < -0.39 is 9.84 Å². The fourth-order valence-corrected chi connectivity index (χ4v) is 6.57. The molecule has 27 heavy (non-hydrogen) atoms. The van der Waals surface area contributed by atoms with Gasteiger partial charge in [0.2, 0.25) is 0 Å². The van der Waals surface area contributed by atoms with Crippen LogP contribution in [0.3, 0.4) is 0 Å². The summed E-state index contributed by atoms with van der Waals surface area (Å²) in [7, 11) is -1.39. The molecule has 2 aliphatic heterocycles. The SMILES string of the molecule is Cn1cc(CN2C[C@@H]3c4cc(-c5cccnc5)ccc4S(=O)(=O)[C@H]3C2)cn1. The lowest BCUT2D eigenvalue weighted by molar-refractivity contribution is 0.325. The molecule has 3 aromatic rings. The average molecular weight is 380 g/mol. The molecule has 0 saturated carbocycles. The Kier molecular flexibility index (Phi) is 3.70. The first kappa shape index (κ1) is 16.6. The van der Waals surface area contributed by atoms with Gasteiger partial charge in [-0.2, -0.15) is 5.10 Å². The zero-order valence-electron chi connectivity index (χ0n) is 15.0. The summed E-state index contributed by atoms with van der Waals surface area (Å²) in [5, 5.41) is 3.85. The van der Waals surface area contributed by atoms with Crippen LogP contribution in [0.15, 0.2) is 60.0 Å². The smallest absolute Gasteiger partial charge is 0.183 e. The van der Waals surface area contributed by atoms with Gasteiger partial charge in [0.05, 0.1) is 16.3 Å². The minimum Gasteiger partial charge on any atom is -0.297 e. The van der Waals surface area contributed by atoms with Crippen LogP contribution in [0.1, 0.15) is 17.0 Å². The molecule has 0 N–H and O–H groups in total. The second-order valence-electron chi connectivity index (χ2n) is 7.40. The van der Waals surface area contributed by atoms with Gasteiger partial charge in [-0.1, -0.05) is 12.1 Å². The van der Waals surface area contributed by atoms with E-state index in [9.17, 15) is 8.42 Å². The highest BCUT2D eigenvalue weighted by Gasteiger charge is 2.50. The van der Waals surface area contributed by atoms with Crippen molar-refractivity contribution in [2.75, 3.05) is 13.1 Å². The van der Waals surface area contributed by atoms with Gasteiger partial charge in [-0.25, -0.2) is 8.42 Å². The molecule has 138 valence electrons. The third-order valence-corrected chi connectivity index (χ3v) is 7.88. The van der Waals surface area contributed by atoms with Crippen molar-refractivity contribution in [3.05, 3.63) is 66.2 Å². The Bertz CT molecular complexity index is 1110. The van der Waals surface area contributed by atoms with Crippen molar-refractivity contribution in [3.8, 4) is 11.1 Å². The third-order valence-electron chi connectivity index (χ3n) is 5.62. The van der Waals surface area contributed by atoms with Crippen LogP contribution >= 0.6 is 0 Å². The molecule has 2 aliphatic rings. The van der Waals surface area contributed by atoms with Crippen molar-refractivity contribution < 1.29 is 8.42 Å². The molecule has 7 heteroatoms. The second kappa shape index (κ2) is 6.00. The molecule has 0 amide bonds. The normalized spacial score (nSPS) is 23.3. The Labute approximate surface area is 158 Å². The number of benzene rings is 1. The van der Waals surface area contributed by atoms with E-state index in [1.165, 1.54) is 0 Å². The van der Waals surface area contributed by atoms with Gasteiger partial charge in [-0.15, -0.1) is 0 Å². The highest BCUT2D eigenvalue weighted by atomic mass is 32.2. The van der Waals surface area contributed by atoms with Crippen LogP contribution in [0.5, 0.6) is 0 Å². The molecule has 5 rings (SSSR count). The monoisotopic (exact) mass is 380 g/mol. The Hall–Kier alpha value is -2.51. The lowest BCUT2D eigenvalue weighted by Gasteiger charge is -2.16. The van der Waals surface area contributed by atoms with Crippen molar-refractivity contribution in [1.82, 2.24) is 19.7 Å². The van der Waals surface area contributed by atoms with Crippen molar-refractivity contribution in [2.45, 2.75) is 22.6 Å². The predicted molar refractivity (Wildman–Crippen MR) is 102 cm³/mol. The van der Waals surface area contributed by atoms with E-state index >= 15 is 0 Å². The largest absolute Gasteiger partial charge is 0.297 e. The molecule has 0 aliphatic carbocycles. The summed E-state index contributed by atoms with van der Waals surface area (Å²) in [5.41, 5.74) is 4.09. The summed E-state index contributed by atoms with van der Waals surface area (Å²) >= 11 is 0. The first-order chi connectivity index (χ1) is 13.0. The van der Waals surface area contributed by atoms with E-state index in [-0.39, 0.29) is 11.2 Å². The second-order valence-corrected chi connectivity index (χ2v) is 9.54. The third kappa shape index (κ3) is 2.69. The summed E-state index contributed by atoms with van der Waals surface area (Å²) in [6.07, 6.45) is 7.38.